The molecule has 0 spiro atoms. The zero-order chi connectivity index (χ0) is 14.0. The molecule has 19 heavy (non-hydrogen) atoms. The molecule has 0 saturated carbocycles. The summed E-state index contributed by atoms with van der Waals surface area (Å²) in [7, 11) is 1.65. The molecule has 0 bridgehead atoms. The number of rotatable bonds is 3. The quantitative estimate of drug-likeness (QED) is 0.888. The number of thioether (sulfide) groups is 2. The lowest BCUT2D eigenvalue weighted by molar-refractivity contribution is 0.180. The molecule has 1 aliphatic rings. The Kier molecular flexibility index (Phi) is 5.39. The summed E-state index contributed by atoms with van der Waals surface area (Å²) in [6, 6.07) is 0. The Balaban J connectivity index is 2.25. The van der Waals surface area contributed by atoms with Crippen molar-refractivity contribution in [3.63, 3.8) is 0 Å². The number of nitrogens with zero attached hydrogens (tertiary/aromatic N) is 2. The van der Waals surface area contributed by atoms with Crippen molar-refractivity contribution in [1.82, 2.24) is 9.97 Å². The molecule has 7 heteroatoms. The van der Waals surface area contributed by atoms with Gasteiger partial charge in [0.1, 0.15) is 11.6 Å². The van der Waals surface area contributed by atoms with E-state index in [4.69, 9.17) is 10.5 Å². The normalized spacial score (nSPS) is 27.5. The van der Waals surface area contributed by atoms with Crippen molar-refractivity contribution < 1.29 is 4.74 Å². The van der Waals surface area contributed by atoms with Crippen LogP contribution in [0.1, 0.15) is 30.6 Å². The fourth-order valence-corrected chi connectivity index (χ4v) is 4.96. The van der Waals surface area contributed by atoms with Gasteiger partial charge in [0.05, 0.1) is 22.0 Å². The number of nitrogen functional groups attached to an aromatic ring is 1. The van der Waals surface area contributed by atoms with E-state index in [0.717, 1.165) is 21.7 Å². The second-order valence-corrected chi connectivity index (χ2v) is 8.32. The van der Waals surface area contributed by atoms with Gasteiger partial charge < -0.3 is 10.5 Å². The summed E-state index contributed by atoms with van der Waals surface area (Å²) in [5.74, 6) is 2.35. The molecule has 1 aliphatic heterocycles. The van der Waals surface area contributed by atoms with Crippen LogP contribution in [0.5, 0.6) is 0 Å². The molecule has 1 fully saturated rings. The molecule has 1 aromatic heterocycles. The van der Waals surface area contributed by atoms with E-state index in [2.05, 4.69) is 39.7 Å². The van der Waals surface area contributed by atoms with Gasteiger partial charge in [-0.05, 0) is 15.9 Å². The fraction of sp³-hybridized carbons (Fsp3) is 0.667. The lowest BCUT2D eigenvalue weighted by Gasteiger charge is -2.30. The minimum Gasteiger partial charge on any atom is -0.383 e. The van der Waals surface area contributed by atoms with Gasteiger partial charge in [-0.2, -0.15) is 11.8 Å². The number of anilines is 1. The maximum Gasteiger partial charge on any atom is 0.144 e. The van der Waals surface area contributed by atoms with Gasteiger partial charge in [-0.1, -0.05) is 13.8 Å². The van der Waals surface area contributed by atoms with Crippen LogP contribution in [0.4, 0.5) is 5.82 Å². The van der Waals surface area contributed by atoms with E-state index in [1.807, 2.05) is 23.5 Å². The standard InChI is InChI=1S/C12H18BrN3OS2/c1-6-7(2)19-9(5-18-6)12-15-8(4-17-3)10(13)11(14)16-12/h6-7,9H,4-5H2,1-3H3,(H2,14,15,16). The second kappa shape index (κ2) is 6.65. The topological polar surface area (TPSA) is 61.0 Å². The van der Waals surface area contributed by atoms with Crippen molar-refractivity contribution in [3.05, 3.63) is 16.0 Å². The van der Waals surface area contributed by atoms with E-state index in [1.54, 1.807) is 7.11 Å². The number of aromatic nitrogens is 2. The number of hydrogen-bond donors (Lipinski definition) is 1. The zero-order valence-corrected chi connectivity index (χ0v) is 14.4. The van der Waals surface area contributed by atoms with Crippen LogP contribution in [-0.4, -0.2) is 33.3 Å². The molecule has 2 heterocycles. The Hall–Kier alpha value is 0.0200. The molecule has 0 amide bonds. The first-order chi connectivity index (χ1) is 9.02. The van der Waals surface area contributed by atoms with E-state index in [-0.39, 0.29) is 0 Å². The van der Waals surface area contributed by atoms with Crippen molar-refractivity contribution in [2.45, 2.75) is 36.2 Å². The molecular weight excluding hydrogens is 346 g/mol. The first-order valence-corrected chi connectivity index (χ1v) is 8.89. The molecule has 106 valence electrons. The van der Waals surface area contributed by atoms with Gasteiger partial charge in [0, 0.05) is 23.4 Å². The van der Waals surface area contributed by atoms with E-state index in [1.165, 1.54) is 0 Å². The molecule has 0 aliphatic carbocycles. The summed E-state index contributed by atoms with van der Waals surface area (Å²) in [6.07, 6.45) is 0. The highest BCUT2D eigenvalue weighted by molar-refractivity contribution is 9.10. The number of methoxy groups -OCH3 is 1. The highest BCUT2D eigenvalue weighted by Gasteiger charge is 2.29. The number of hydrogen-bond acceptors (Lipinski definition) is 6. The Morgan fingerprint density at radius 1 is 1.37 bits per heavy atom. The monoisotopic (exact) mass is 363 g/mol. The van der Waals surface area contributed by atoms with Gasteiger partial charge in [-0.25, -0.2) is 9.97 Å². The van der Waals surface area contributed by atoms with Crippen molar-refractivity contribution in [2.24, 2.45) is 0 Å². The summed E-state index contributed by atoms with van der Waals surface area (Å²) in [6.45, 7) is 4.97. The van der Waals surface area contributed by atoms with Gasteiger partial charge in [0.25, 0.3) is 0 Å². The maximum absolute atomic E-state index is 5.95. The van der Waals surface area contributed by atoms with Gasteiger partial charge >= 0.3 is 0 Å². The van der Waals surface area contributed by atoms with E-state index in [0.29, 0.717) is 28.2 Å². The summed E-state index contributed by atoms with van der Waals surface area (Å²) >= 11 is 7.32. The Labute approximate surface area is 130 Å². The number of nitrogens with two attached hydrogens (primary N) is 1. The summed E-state index contributed by atoms with van der Waals surface area (Å²) in [4.78, 5) is 9.04. The van der Waals surface area contributed by atoms with Crippen LogP contribution >= 0.6 is 39.5 Å². The average molecular weight is 364 g/mol. The highest BCUT2D eigenvalue weighted by Crippen LogP contribution is 2.43. The molecule has 2 N–H and O–H groups in total. The van der Waals surface area contributed by atoms with Crippen molar-refractivity contribution in [3.8, 4) is 0 Å². The lowest BCUT2D eigenvalue weighted by Crippen LogP contribution is -2.23. The fourth-order valence-electron chi connectivity index (χ4n) is 1.83. The predicted octanol–water partition coefficient (Wildman–Crippen LogP) is 3.27. The summed E-state index contributed by atoms with van der Waals surface area (Å²) in [5.41, 5.74) is 6.77. The minimum absolute atomic E-state index is 0.308. The first kappa shape index (κ1) is 15.4. The van der Waals surface area contributed by atoms with E-state index in [9.17, 15) is 0 Å². The molecule has 1 aromatic rings. The SMILES string of the molecule is COCc1nc(C2CSC(C)C(C)S2)nc(N)c1Br. The smallest absolute Gasteiger partial charge is 0.144 e. The van der Waals surface area contributed by atoms with Crippen LogP contribution in [0.25, 0.3) is 0 Å². The van der Waals surface area contributed by atoms with Crippen LogP contribution in [0.15, 0.2) is 4.47 Å². The van der Waals surface area contributed by atoms with Crippen LogP contribution in [0.3, 0.4) is 0 Å². The van der Waals surface area contributed by atoms with Crippen LogP contribution in [-0.2, 0) is 11.3 Å². The molecular formula is C12H18BrN3OS2. The molecule has 3 atom stereocenters. The molecule has 1 saturated heterocycles. The van der Waals surface area contributed by atoms with Gasteiger partial charge in [-0.15, -0.1) is 11.8 Å². The first-order valence-electron chi connectivity index (χ1n) is 6.10. The maximum atomic E-state index is 5.95. The van der Waals surface area contributed by atoms with Crippen LogP contribution < -0.4 is 5.73 Å². The second-order valence-electron chi connectivity index (χ2n) is 4.53. The third-order valence-corrected chi connectivity index (χ3v) is 7.33. The summed E-state index contributed by atoms with van der Waals surface area (Å²) < 4.78 is 5.90. The number of halogens is 1. The minimum atomic E-state index is 0.308. The van der Waals surface area contributed by atoms with E-state index >= 15 is 0 Å². The molecule has 4 nitrogen and oxygen atoms in total. The van der Waals surface area contributed by atoms with Crippen LogP contribution in [0, 0.1) is 0 Å². The van der Waals surface area contributed by atoms with Gasteiger partial charge in [-0.3, -0.25) is 0 Å². The molecule has 0 radical (unpaired) electrons. The molecule has 3 unspecified atom stereocenters. The Morgan fingerprint density at radius 2 is 2.11 bits per heavy atom. The van der Waals surface area contributed by atoms with Gasteiger partial charge in [0.2, 0.25) is 0 Å². The van der Waals surface area contributed by atoms with Gasteiger partial charge in [0.15, 0.2) is 0 Å². The highest BCUT2D eigenvalue weighted by atomic mass is 79.9. The largest absolute Gasteiger partial charge is 0.383 e. The number of ether oxygens (including phenoxy) is 1. The predicted molar refractivity (Wildman–Crippen MR) is 86.6 cm³/mol. The van der Waals surface area contributed by atoms with E-state index < -0.39 is 0 Å². The third kappa shape index (κ3) is 3.56. The Morgan fingerprint density at radius 3 is 2.74 bits per heavy atom. The zero-order valence-electron chi connectivity index (χ0n) is 11.2. The van der Waals surface area contributed by atoms with Crippen molar-refractivity contribution in [2.75, 3.05) is 18.6 Å². The molecule has 0 aromatic carbocycles. The Bertz CT molecular complexity index is 461. The lowest BCUT2D eigenvalue weighted by atomic mass is 10.3. The van der Waals surface area contributed by atoms with Crippen molar-refractivity contribution in [1.29, 1.82) is 0 Å². The van der Waals surface area contributed by atoms with Crippen LogP contribution in [0.2, 0.25) is 0 Å². The summed E-state index contributed by atoms with van der Waals surface area (Å²) in [5, 5.41) is 1.58. The molecule has 2 rings (SSSR count). The van der Waals surface area contributed by atoms with Crippen molar-refractivity contribution >= 4 is 45.3 Å². The average Bonchev–Trinajstić information content (AvgIpc) is 2.38. The third-order valence-electron chi connectivity index (χ3n) is 3.08.